The van der Waals surface area contributed by atoms with Crippen LogP contribution >= 0.6 is 0 Å². The first kappa shape index (κ1) is 16.5. The van der Waals surface area contributed by atoms with Gasteiger partial charge in [-0.1, -0.05) is 6.07 Å². The van der Waals surface area contributed by atoms with E-state index >= 15 is 0 Å². The van der Waals surface area contributed by atoms with Crippen LogP contribution in [0.4, 0.5) is 0 Å². The molecule has 1 aliphatic heterocycles. The lowest BCUT2D eigenvalue weighted by molar-refractivity contribution is 0.291. The van der Waals surface area contributed by atoms with Crippen LogP contribution in [0, 0.1) is 13.8 Å². The number of hydrogen-bond donors (Lipinski definition) is 1. The van der Waals surface area contributed by atoms with Crippen molar-refractivity contribution in [2.75, 3.05) is 13.6 Å². The zero-order chi connectivity index (χ0) is 15.8. The van der Waals surface area contributed by atoms with Gasteiger partial charge < -0.3 is 5.32 Å². The SMILES string of the molecule is CNCc1cc(S(=O)(=O)N2CCCC2(C)C)c(C)cc1C. The summed E-state index contributed by atoms with van der Waals surface area (Å²) in [7, 11) is -1.56. The highest BCUT2D eigenvalue weighted by Gasteiger charge is 2.41. The number of rotatable bonds is 4. The van der Waals surface area contributed by atoms with E-state index in [4.69, 9.17) is 0 Å². The van der Waals surface area contributed by atoms with E-state index in [0.717, 1.165) is 29.5 Å². The summed E-state index contributed by atoms with van der Waals surface area (Å²) in [6, 6.07) is 3.81. The average molecular weight is 310 g/mol. The molecule has 1 aliphatic rings. The maximum atomic E-state index is 13.0. The topological polar surface area (TPSA) is 49.4 Å². The summed E-state index contributed by atoms with van der Waals surface area (Å²) in [5.74, 6) is 0. The van der Waals surface area contributed by atoms with Crippen molar-refractivity contribution in [3.05, 3.63) is 28.8 Å². The van der Waals surface area contributed by atoms with Crippen LogP contribution in [0.25, 0.3) is 0 Å². The fourth-order valence-corrected chi connectivity index (χ4v) is 5.29. The van der Waals surface area contributed by atoms with Gasteiger partial charge in [0.25, 0.3) is 0 Å². The van der Waals surface area contributed by atoms with Crippen LogP contribution in [-0.4, -0.2) is 31.9 Å². The van der Waals surface area contributed by atoms with Crippen molar-refractivity contribution in [1.82, 2.24) is 9.62 Å². The van der Waals surface area contributed by atoms with Crippen molar-refractivity contribution in [3.63, 3.8) is 0 Å². The molecule has 118 valence electrons. The number of hydrogen-bond acceptors (Lipinski definition) is 3. The third-order valence-electron chi connectivity index (χ3n) is 4.39. The first-order valence-corrected chi connectivity index (χ1v) is 8.92. The lowest BCUT2D eigenvalue weighted by Gasteiger charge is -2.31. The maximum absolute atomic E-state index is 13.0. The monoisotopic (exact) mass is 310 g/mol. The van der Waals surface area contributed by atoms with Crippen LogP contribution in [0.3, 0.4) is 0 Å². The number of aryl methyl sites for hydroxylation is 2. The standard InChI is InChI=1S/C16H26N2O2S/c1-12-9-13(2)15(10-14(12)11-17-5)21(19,20)18-8-6-7-16(18,3)4/h9-10,17H,6-8,11H2,1-5H3. The van der Waals surface area contributed by atoms with Gasteiger partial charge in [-0.05, 0) is 70.3 Å². The van der Waals surface area contributed by atoms with Gasteiger partial charge in [0.2, 0.25) is 10.0 Å². The van der Waals surface area contributed by atoms with E-state index in [1.165, 1.54) is 0 Å². The van der Waals surface area contributed by atoms with Crippen LogP contribution in [-0.2, 0) is 16.6 Å². The van der Waals surface area contributed by atoms with Crippen LogP contribution in [0.15, 0.2) is 17.0 Å². The highest BCUT2D eigenvalue weighted by molar-refractivity contribution is 7.89. The molecular weight excluding hydrogens is 284 g/mol. The molecule has 0 spiro atoms. The minimum absolute atomic E-state index is 0.292. The molecule has 4 nitrogen and oxygen atoms in total. The Kier molecular flexibility index (Phi) is 4.47. The van der Waals surface area contributed by atoms with Crippen molar-refractivity contribution in [1.29, 1.82) is 0 Å². The summed E-state index contributed by atoms with van der Waals surface area (Å²) in [6.07, 6.45) is 1.85. The van der Waals surface area contributed by atoms with E-state index in [1.807, 2.05) is 46.9 Å². The van der Waals surface area contributed by atoms with Crippen molar-refractivity contribution in [2.45, 2.75) is 57.5 Å². The van der Waals surface area contributed by atoms with Crippen molar-refractivity contribution < 1.29 is 8.42 Å². The van der Waals surface area contributed by atoms with E-state index in [-0.39, 0.29) is 5.54 Å². The molecule has 0 amide bonds. The molecule has 1 N–H and O–H groups in total. The predicted molar refractivity (Wildman–Crippen MR) is 85.9 cm³/mol. The summed E-state index contributed by atoms with van der Waals surface area (Å²) >= 11 is 0. The Morgan fingerprint density at radius 2 is 1.90 bits per heavy atom. The van der Waals surface area contributed by atoms with Gasteiger partial charge >= 0.3 is 0 Å². The summed E-state index contributed by atoms with van der Waals surface area (Å²) < 4.78 is 27.8. The van der Waals surface area contributed by atoms with Crippen LogP contribution in [0.2, 0.25) is 0 Å². The molecule has 0 atom stereocenters. The van der Waals surface area contributed by atoms with Crippen LogP contribution in [0.1, 0.15) is 43.4 Å². The first-order valence-electron chi connectivity index (χ1n) is 7.48. The number of nitrogens with zero attached hydrogens (tertiary/aromatic N) is 1. The molecule has 1 aromatic carbocycles. The lowest BCUT2D eigenvalue weighted by Crippen LogP contribution is -2.42. The molecule has 0 bridgehead atoms. The zero-order valence-corrected chi connectivity index (χ0v) is 14.5. The van der Waals surface area contributed by atoms with Crippen molar-refractivity contribution in [2.24, 2.45) is 0 Å². The highest BCUT2D eigenvalue weighted by atomic mass is 32.2. The van der Waals surface area contributed by atoms with Crippen LogP contribution < -0.4 is 5.32 Å². The lowest BCUT2D eigenvalue weighted by atomic mass is 10.0. The summed E-state index contributed by atoms with van der Waals surface area (Å²) in [5, 5.41) is 3.10. The molecule has 0 aromatic heterocycles. The van der Waals surface area contributed by atoms with Gasteiger partial charge in [0.05, 0.1) is 4.90 Å². The van der Waals surface area contributed by atoms with Gasteiger partial charge in [-0.15, -0.1) is 0 Å². The van der Waals surface area contributed by atoms with Gasteiger partial charge in [0.15, 0.2) is 0 Å². The smallest absolute Gasteiger partial charge is 0.243 e. The Bertz CT molecular complexity index is 636. The molecule has 1 fully saturated rings. The number of benzene rings is 1. The molecule has 0 unspecified atom stereocenters. The van der Waals surface area contributed by atoms with E-state index in [0.29, 0.717) is 18.0 Å². The van der Waals surface area contributed by atoms with Gasteiger partial charge in [-0.3, -0.25) is 0 Å². The Labute approximate surface area is 128 Å². The molecule has 2 rings (SSSR count). The molecule has 1 saturated heterocycles. The van der Waals surface area contributed by atoms with Gasteiger partial charge in [0, 0.05) is 18.6 Å². The third kappa shape index (κ3) is 3.00. The minimum atomic E-state index is -3.43. The van der Waals surface area contributed by atoms with E-state index < -0.39 is 10.0 Å². The zero-order valence-electron chi connectivity index (χ0n) is 13.7. The van der Waals surface area contributed by atoms with Crippen LogP contribution in [0.5, 0.6) is 0 Å². The molecule has 21 heavy (non-hydrogen) atoms. The molecule has 1 aromatic rings. The molecule has 0 saturated carbocycles. The van der Waals surface area contributed by atoms with Gasteiger partial charge in [-0.2, -0.15) is 4.31 Å². The van der Waals surface area contributed by atoms with E-state index in [2.05, 4.69) is 5.32 Å². The van der Waals surface area contributed by atoms with Gasteiger partial charge in [-0.25, -0.2) is 8.42 Å². The Morgan fingerprint density at radius 1 is 1.24 bits per heavy atom. The number of sulfonamides is 1. The molecule has 5 heteroatoms. The summed E-state index contributed by atoms with van der Waals surface area (Å²) in [5.41, 5.74) is 2.70. The average Bonchev–Trinajstić information content (AvgIpc) is 2.73. The summed E-state index contributed by atoms with van der Waals surface area (Å²) in [6.45, 7) is 9.22. The fraction of sp³-hybridized carbons (Fsp3) is 0.625. The highest BCUT2D eigenvalue weighted by Crippen LogP contribution is 2.35. The Morgan fingerprint density at radius 3 is 2.43 bits per heavy atom. The second-order valence-electron chi connectivity index (χ2n) is 6.57. The minimum Gasteiger partial charge on any atom is -0.316 e. The second kappa shape index (κ2) is 5.71. The second-order valence-corrected chi connectivity index (χ2v) is 8.40. The number of nitrogens with one attached hydrogen (secondary N) is 1. The molecule has 0 radical (unpaired) electrons. The molecule has 0 aliphatic carbocycles. The first-order chi connectivity index (χ1) is 9.70. The summed E-state index contributed by atoms with van der Waals surface area (Å²) in [4.78, 5) is 0.452. The quantitative estimate of drug-likeness (QED) is 0.930. The van der Waals surface area contributed by atoms with E-state index in [9.17, 15) is 8.42 Å². The Balaban J connectivity index is 2.52. The normalized spacial score (nSPS) is 19.1. The molecule has 1 heterocycles. The maximum Gasteiger partial charge on any atom is 0.243 e. The fourth-order valence-electron chi connectivity index (χ4n) is 3.18. The van der Waals surface area contributed by atoms with E-state index in [1.54, 1.807) is 4.31 Å². The van der Waals surface area contributed by atoms with Crippen molar-refractivity contribution in [3.8, 4) is 0 Å². The predicted octanol–water partition coefficient (Wildman–Crippen LogP) is 2.59. The third-order valence-corrected chi connectivity index (χ3v) is 6.65. The largest absolute Gasteiger partial charge is 0.316 e. The van der Waals surface area contributed by atoms with Gasteiger partial charge in [0.1, 0.15) is 0 Å². The van der Waals surface area contributed by atoms with Crippen molar-refractivity contribution >= 4 is 10.0 Å². The molecular formula is C16H26N2O2S. The Hall–Kier alpha value is -0.910.